The summed E-state index contributed by atoms with van der Waals surface area (Å²) in [6.45, 7) is 5.64. The second-order valence-electron chi connectivity index (χ2n) is 4.62. The van der Waals surface area contributed by atoms with Crippen LogP contribution in [0.25, 0.3) is 0 Å². The van der Waals surface area contributed by atoms with E-state index in [0.717, 1.165) is 6.07 Å². The molecule has 6 heteroatoms. The molecular formula is C12H15ClF3NO. The fraction of sp³-hybridized carbons (Fsp3) is 0.583. The Morgan fingerprint density at radius 3 is 2.17 bits per heavy atom. The van der Waals surface area contributed by atoms with E-state index < -0.39 is 18.0 Å². The molecule has 1 heterocycles. The SMILES string of the molecule is CC(C)C(C)C(O)c1ccc(C(F)(F)F)nc1Cl. The molecule has 0 fully saturated rings. The van der Waals surface area contributed by atoms with Crippen LogP contribution in [0.1, 0.15) is 38.1 Å². The topological polar surface area (TPSA) is 33.1 Å². The van der Waals surface area contributed by atoms with Gasteiger partial charge in [0.05, 0.1) is 6.10 Å². The Kier molecular flexibility index (Phi) is 4.61. The van der Waals surface area contributed by atoms with Gasteiger partial charge in [0.2, 0.25) is 0 Å². The Balaban J connectivity index is 3.06. The quantitative estimate of drug-likeness (QED) is 0.847. The molecule has 2 unspecified atom stereocenters. The van der Waals surface area contributed by atoms with Gasteiger partial charge in [0.15, 0.2) is 0 Å². The van der Waals surface area contributed by atoms with Gasteiger partial charge in [0.1, 0.15) is 10.8 Å². The first-order valence-corrected chi connectivity index (χ1v) is 5.94. The van der Waals surface area contributed by atoms with Crippen LogP contribution in [0.2, 0.25) is 5.15 Å². The summed E-state index contributed by atoms with van der Waals surface area (Å²) in [5.41, 5.74) is -0.827. The molecule has 0 bridgehead atoms. The second kappa shape index (κ2) is 5.45. The van der Waals surface area contributed by atoms with Crippen LogP contribution < -0.4 is 0 Å². The van der Waals surface area contributed by atoms with Crippen LogP contribution in [0, 0.1) is 11.8 Å². The van der Waals surface area contributed by atoms with Crippen molar-refractivity contribution in [3.05, 3.63) is 28.5 Å². The maximum Gasteiger partial charge on any atom is 0.433 e. The number of pyridine rings is 1. The number of hydrogen-bond donors (Lipinski definition) is 1. The number of alkyl halides is 3. The molecule has 0 amide bonds. The molecule has 0 aliphatic carbocycles. The zero-order valence-electron chi connectivity index (χ0n) is 10.3. The molecule has 1 aromatic heterocycles. The Labute approximate surface area is 109 Å². The van der Waals surface area contributed by atoms with Crippen LogP contribution in [-0.4, -0.2) is 10.1 Å². The lowest BCUT2D eigenvalue weighted by molar-refractivity contribution is -0.141. The minimum Gasteiger partial charge on any atom is -0.388 e. The summed E-state index contributed by atoms with van der Waals surface area (Å²) < 4.78 is 37.2. The largest absolute Gasteiger partial charge is 0.433 e. The average Bonchev–Trinajstić information content (AvgIpc) is 2.25. The van der Waals surface area contributed by atoms with E-state index in [1.807, 2.05) is 20.8 Å². The zero-order chi connectivity index (χ0) is 14.1. The molecule has 0 radical (unpaired) electrons. The number of halogens is 4. The van der Waals surface area contributed by atoms with E-state index in [4.69, 9.17) is 11.6 Å². The Bertz CT molecular complexity index is 420. The molecule has 1 aromatic rings. The number of aliphatic hydroxyl groups excluding tert-OH is 1. The summed E-state index contributed by atoms with van der Waals surface area (Å²) in [5.74, 6) is 0.0550. The predicted octanol–water partition coefficient (Wildman–Crippen LogP) is 4.08. The average molecular weight is 282 g/mol. The van der Waals surface area contributed by atoms with Gasteiger partial charge in [-0.2, -0.15) is 13.2 Å². The van der Waals surface area contributed by atoms with Gasteiger partial charge in [-0.05, 0) is 17.9 Å². The second-order valence-corrected chi connectivity index (χ2v) is 4.98. The number of hydrogen-bond acceptors (Lipinski definition) is 2. The highest BCUT2D eigenvalue weighted by Gasteiger charge is 2.33. The molecule has 0 aromatic carbocycles. The fourth-order valence-electron chi connectivity index (χ4n) is 1.47. The molecule has 0 spiro atoms. The van der Waals surface area contributed by atoms with E-state index in [2.05, 4.69) is 4.98 Å². The molecule has 2 nitrogen and oxygen atoms in total. The van der Waals surface area contributed by atoms with Gasteiger partial charge in [0, 0.05) is 5.56 Å². The molecule has 0 saturated carbocycles. The summed E-state index contributed by atoms with van der Waals surface area (Å²) >= 11 is 5.71. The molecular weight excluding hydrogens is 267 g/mol. The van der Waals surface area contributed by atoms with Gasteiger partial charge in [-0.25, -0.2) is 4.98 Å². The monoisotopic (exact) mass is 281 g/mol. The van der Waals surface area contributed by atoms with Crippen molar-refractivity contribution >= 4 is 11.6 Å². The minimum atomic E-state index is -4.53. The zero-order valence-corrected chi connectivity index (χ0v) is 11.0. The molecule has 0 saturated heterocycles. The maximum absolute atomic E-state index is 12.4. The van der Waals surface area contributed by atoms with Crippen molar-refractivity contribution in [1.29, 1.82) is 0 Å². The molecule has 0 aliphatic rings. The summed E-state index contributed by atoms with van der Waals surface area (Å²) in [4.78, 5) is 3.29. The molecule has 2 atom stereocenters. The number of rotatable bonds is 3. The number of nitrogens with zero attached hydrogens (tertiary/aromatic N) is 1. The van der Waals surface area contributed by atoms with E-state index in [1.54, 1.807) is 0 Å². The minimum absolute atomic E-state index is 0.124. The number of aromatic nitrogens is 1. The lowest BCUT2D eigenvalue weighted by Gasteiger charge is -2.23. The lowest BCUT2D eigenvalue weighted by Crippen LogP contribution is -2.17. The third-order valence-corrected chi connectivity index (χ3v) is 3.34. The van der Waals surface area contributed by atoms with E-state index in [-0.39, 0.29) is 22.6 Å². The van der Waals surface area contributed by atoms with Crippen LogP contribution in [0.4, 0.5) is 13.2 Å². The highest BCUT2D eigenvalue weighted by atomic mass is 35.5. The van der Waals surface area contributed by atoms with Crippen molar-refractivity contribution in [3.63, 3.8) is 0 Å². The molecule has 1 N–H and O–H groups in total. The molecule has 102 valence electrons. The summed E-state index contributed by atoms with van der Waals surface area (Å²) in [7, 11) is 0. The van der Waals surface area contributed by atoms with Crippen molar-refractivity contribution in [2.24, 2.45) is 11.8 Å². The first-order valence-electron chi connectivity index (χ1n) is 5.56. The van der Waals surface area contributed by atoms with Crippen molar-refractivity contribution < 1.29 is 18.3 Å². The third kappa shape index (κ3) is 3.36. The first-order chi connectivity index (χ1) is 8.14. The van der Waals surface area contributed by atoms with E-state index in [1.165, 1.54) is 6.07 Å². The lowest BCUT2D eigenvalue weighted by atomic mass is 9.89. The van der Waals surface area contributed by atoms with E-state index in [9.17, 15) is 18.3 Å². The Morgan fingerprint density at radius 1 is 1.22 bits per heavy atom. The van der Waals surface area contributed by atoms with Crippen molar-refractivity contribution in [2.45, 2.75) is 33.1 Å². The van der Waals surface area contributed by atoms with Crippen LogP contribution in [0.3, 0.4) is 0 Å². The van der Waals surface area contributed by atoms with Crippen molar-refractivity contribution in [2.75, 3.05) is 0 Å². The Hall–Kier alpha value is -0.810. The molecule has 18 heavy (non-hydrogen) atoms. The van der Waals surface area contributed by atoms with Gasteiger partial charge < -0.3 is 5.11 Å². The highest BCUT2D eigenvalue weighted by Crippen LogP contribution is 2.34. The fourth-order valence-corrected chi connectivity index (χ4v) is 1.74. The van der Waals surface area contributed by atoms with Gasteiger partial charge in [0.25, 0.3) is 0 Å². The Morgan fingerprint density at radius 2 is 1.78 bits per heavy atom. The highest BCUT2D eigenvalue weighted by molar-refractivity contribution is 6.30. The van der Waals surface area contributed by atoms with Crippen LogP contribution in [-0.2, 0) is 6.18 Å². The van der Waals surface area contributed by atoms with Crippen LogP contribution in [0.15, 0.2) is 12.1 Å². The summed E-state index contributed by atoms with van der Waals surface area (Å²) in [6, 6.07) is 2.01. The van der Waals surface area contributed by atoms with Crippen LogP contribution >= 0.6 is 11.6 Å². The summed E-state index contributed by atoms with van der Waals surface area (Å²) in [5, 5.41) is 9.73. The predicted molar refractivity (Wildman–Crippen MR) is 63.2 cm³/mol. The van der Waals surface area contributed by atoms with Crippen molar-refractivity contribution in [3.8, 4) is 0 Å². The standard InChI is InChI=1S/C12H15ClF3NO/c1-6(2)7(3)10(18)8-4-5-9(12(14,15)16)17-11(8)13/h4-7,10,18H,1-3H3. The van der Waals surface area contributed by atoms with E-state index in [0.29, 0.717) is 0 Å². The normalized spacial score (nSPS) is 15.8. The van der Waals surface area contributed by atoms with E-state index >= 15 is 0 Å². The van der Waals surface area contributed by atoms with Gasteiger partial charge in [-0.1, -0.05) is 38.4 Å². The first kappa shape index (κ1) is 15.2. The van der Waals surface area contributed by atoms with Crippen molar-refractivity contribution in [1.82, 2.24) is 4.98 Å². The molecule has 1 rings (SSSR count). The van der Waals surface area contributed by atoms with Gasteiger partial charge in [-0.3, -0.25) is 0 Å². The van der Waals surface area contributed by atoms with Crippen LogP contribution in [0.5, 0.6) is 0 Å². The summed E-state index contributed by atoms with van der Waals surface area (Å²) in [6.07, 6.45) is -5.45. The molecule has 0 aliphatic heterocycles. The third-order valence-electron chi connectivity index (χ3n) is 3.04. The smallest absolute Gasteiger partial charge is 0.388 e. The maximum atomic E-state index is 12.4. The van der Waals surface area contributed by atoms with Gasteiger partial charge >= 0.3 is 6.18 Å². The number of aliphatic hydroxyl groups is 1. The van der Waals surface area contributed by atoms with Gasteiger partial charge in [-0.15, -0.1) is 0 Å².